The zero-order chi connectivity index (χ0) is 9.68. The number of rotatable bonds is 3. The Morgan fingerprint density at radius 2 is 2.23 bits per heavy atom. The van der Waals surface area contributed by atoms with E-state index in [9.17, 15) is 0 Å². The lowest BCUT2D eigenvalue weighted by Crippen LogP contribution is -1.86. The standard InChI is InChI=1S/C10H11BrClN/c11-6-2-1-3-8-4-5-9(12)10(13)7-8/h1,3-5,7H,2,6,13H2. The van der Waals surface area contributed by atoms with Crippen molar-refractivity contribution in [3.63, 3.8) is 0 Å². The van der Waals surface area contributed by atoms with E-state index in [-0.39, 0.29) is 0 Å². The Morgan fingerprint density at radius 3 is 2.85 bits per heavy atom. The summed E-state index contributed by atoms with van der Waals surface area (Å²) in [4.78, 5) is 0. The largest absolute Gasteiger partial charge is 0.398 e. The van der Waals surface area contributed by atoms with E-state index in [1.807, 2.05) is 24.3 Å². The first-order valence-corrected chi connectivity index (χ1v) is 5.51. The lowest BCUT2D eigenvalue weighted by Gasteiger charge is -1.98. The van der Waals surface area contributed by atoms with Gasteiger partial charge in [-0.15, -0.1) is 0 Å². The van der Waals surface area contributed by atoms with Gasteiger partial charge in [-0.2, -0.15) is 0 Å². The molecule has 1 aromatic rings. The first-order chi connectivity index (χ1) is 6.24. The van der Waals surface area contributed by atoms with Crippen LogP contribution in [0.5, 0.6) is 0 Å². The van der Waals surface area contributed by atoms with Crippen LogP contribution in [0.1, 0.15) is 12.0 Å². The van der Waals surface area contributed by atoms with Gasteiger partial charge >= 0.3 is 0 Å². The van der Waals surface area contributed by atoms with E-state index in [0.29, 0.717) is 10.7 Å². The summed E-state index contributed by atoms with van der Waals surface area (Å²) in [7, 11) is 0. The van der Waals surface area contributed by atoms with Crippen molar-refractivity contribution >= 4 is 39.3 Å². The predicted octanol–water partition coefficient (Wildman–Crippen LogP) is 3.72. The molecule has 0 fully saturated rings. The lowest BCUT2D eigenvalue weighted by molar-refractivity contribution is 1.27. The normalized spacial score (nSPS) is 10.9. The number of anilines is 1. The van der Waals surface area contributed by atoms with Gasteiger partial charge in [0.2, 0.25) is 0 Å². The molecule has 0 radical (unpaired) electrons. The predicted molar refractivity (Wildman–Crippen MR) is 63.3 cm³/mol. The molecule has 0 unspecified atom stereocenters. The molecule has 0 saturated carbocycles. The molecular formula is C10H11BrClN. The van der Waals surface area contributed by atoms with Crippen molar-refractivity contribution in [1.82, 2.24) is 0 Å². The van der Waals surface area contributed by atoms with Gasteiger partial charge in [0, 0.05) is 5.33 Å². The maximum absolute atomic E-state index is 5.79. The van der Waals surface area contributed by atoms with Crippen molar-refractivity contribution in [2.75, 3.05) is 11.1 Å². The number of hydrogen-bond donors (Lipinski definition) is 1. The van der Waals surface area contributed by atoms with Gasteiger partial charge in [0.25, 0.3) is 0 Å². The molecule has 0 saturated heterocycles. The second-order valence-electron chi connectivity index (χ2n) is 2.66. The molecule has 1 nitrogen and oxygen atoms in total. The van der Waals surface area contributed by atoms with E-state index in [4.69, 9.17) is 17.3 Å². The first-order valence-electron chi connectivity index (χ1n) is 4.01. The molecule has 0 heterocycles. The quantitative estimate of drug-likeness (QED) is 0.650. The van der Waals surface area contributed by atoms with Crippen LogP contribution < -0.4 is 5.73 Å². The van der Waals surface area contributed by atoms with Gasteiger partial charge in [0.05, 0.1) is 10.7 Å². The SMILES string of the molecule is Nc1cc(C=CCCBr)ccc1Cl. The Hall–Kier alpha value is -0.470. The molecular weight excluding hydrogens is 249 g/mol. The van der Waals surface area contributed by atoms with E-state index in [0.717, 1.165) is 17.3 Å². The summed E-state index contributed by atoms with van der Waals surface area (Å²) < 4.78 is 0. The molecule has 0 aromatic heterocycles. The minimum absolute atomic E-state index is 0.609. The van der Waals surface area contributed by atoms with Crippen molar-refractivity contribution in [2.24, 2.45) is 0 Å². The van der Waals surface area contributed by atoms with Crippen molar-refractivity contribution in [3.05, 3.63) is 34.9 Å². The average Bonchev–Trinajstić information content (AvgIpc) is 2.12. The van der Waals surface area contributed by atoms with E-state index in [1.165, 1.54) is 0 Å². The number of alkyl halides is 1. The maximum Gasteiger partial charge on any atom is 0.0635 e. The van der Waals surface area contributed by atoms with Gasteiger partial charge in [-0.25, -0.2) is 0 Å². The molecule has 0 aliphatic carbocycles. The molecule has 70 valence electrons. The topological polar surface area (TPSA) is 26.0 Å². The molecule has 3 heteroatoms. The summed E-state index contributed by atoms with van der Waals surface area (Å²) in [5.74, 6) is 0. The van der Waals surface area contributed by atoms with Gasteiger partial charge in [-0.05, 0) is 24.1 Å². The minimum atomic E-state index is 0.609. The van der Waals surface area contributed by atoms with Crippen LogP contribution in [0, 0.1) is 0 Å². The summed E-state index contributed by atoms with van der Waals surface area (Å²) in [6.07, 6.45) is 5.15. The summed E-state index contributed by atoms with van der Waals surface area (Å²) in [6.45, 7) is 0. The maximum atomic E-state index is 5.79. The zero-order valence-electron chi connectivity index (χ0n) is 7.13. The molecule has 0 atom stereocenters. The van der Waals surface area contributed by atoms with Crippen LogP contribution in [-0.2, 0) is 0 Å². The van der Waals surface area contributed by atoms with E-state index in [1.54, 1.807) is 0 Å². The van der Waals surface area contributed by atoms with Crippen LogP contribution in [0.25, 0.3) is 6.08 Å². The summed E-state index contributed by atoms with van der Waals surface area (Å²) in [5.41, 5.74) is 7.36. The van der Waals surface area contributed by atoms with Crippen molar-refractivity contribution in [1.29, 1.82) is 0 Å². The first kappa shape index (κ1) is 10.6. The Labute approximate surface area is 91.7 Å². The third-order valence-corrected chi connectivity index (χ3v) is 2.41. The number of allylic oxidation sites excluding steroid dienone is 1. The third-order valence-electron chi connectivity index (χ3n) is 1.61. The van der Waals surface area contributed by atoms with Gasteiger partial charge in [-0.1, -0.05) is 45.7 Å². The number of benzene rings is 1. The lowest BCUT2D eigenvalue weighted by atomic mass is 10.2. The van der Waals surface area contributed by atoms with Gasteiger partial charge < -0.3 is 5.73 Å². The number of nitrogen functional groups attached to an aromatic ring is 1. The van der Waals surface area contributed by atoms with Gasteiger partial charge in [-0.3, -0.25) is 0 Å². The summed E-state index contributed by atoms with van der Waals surface area (Å²) >= 11 is 9.14. The van der Waals surface area contributed by atoms with Crippen LogP contribution >= 0.6 is 27.5 Å². The molecule has 0 bridgehead atoms. The van der Waals surface area contributed by atoms with Crippen LogP contribution in [0.4, 0.5) is 5.69 Å². The third kappa shape index (κ3) is 3.41. The molecule has 0 amide bonds. The van der Waals surface area contributed by atoms with E-state index in [2.05, 4.69) is 22.0 Å². The summed E-state index contributed by atoms with van der Waals surface area (Å²) in [6, 6.07) is 5.63. The van der Waals surface area contributed by atoms with Gasteiger partial charge in [0.15, 0.2) is 0 Å². The molecule has 0 spiro atoms. The monoisotopic (exact) mass is 259 g/mol. The Morgan fingerprint density at radius 1 is 1.46 bits per heavy atom. The zero-order valence-corrected chi connectivity index (χ0v) is 9.48. The number of nitrogens with two attached hydrogens (primary N) is 1. The van der Waals surface area contributed by atoms with Crippen LogP contribution in [-0.4, -0.2) is 5.33 Å². The van der Waals surface area contributed by atoms with Crippen molar-refractivity contribution < 1.29 is 0 Å². The molecule has 0 aliphatic rings. The fraction of sp³-hybridized carbons (Fsp3) is 0.200. The fourth-order valence-corrected chi connectivity index (χ4v) is 1.33. The van der Waals surface area contributed by atoms with Crippen LogP contribution in [0.2, 0.25) is 5.02 Å². The molecule has 13 heavy (non-hydrogen) atoms. The van der Waals surface area contributed by atoms with Crippen LogP contribution in [0.3, 0.4) is 0 Å². The smallest absolute Gasteiger partial charge is 0.0635 e. The highest BCUT2D eigenvalue weighted by Crippen LogP contribution is 2.20. The molecule has 1 aromatic carbocycles. The Kier molecular flexibility index (Phi) is 4.33. The van der Waals surface area contributed by atoms with Gasteiger partial charge in [0.1, 0.15) is 0 Å². The second kappa shape index (κ2) is 5.30. The Bertz CT molecular complexity index is 310. The fourth-order valence-electron chi connectivity index (χ4n) is 0.948. The summed E-state index contributed by atoms with van der Waals surface area (Å²) in [5, 5.41) is 1.59. The highest BCUT2D eigenvalue weighted by atomic mass is 79.9. The van der Waals surface area contributed by atoms with Crippen molar-refractivity contribution in [2.45, 2.75) is 6.42 Å². The Balaban J connectivity index is 2.73. The number of halogens is 2. The average molecular weight is 261 g/mol. The van der Waals surface area contributed by atoms with Crippen molar-refractivity contribution in [3.8, 4) is 0 Å². The highest BCUT2D eigenvalue weighted by Gasteiger charge is 1.94. The number of hydrogen-bond acceptors (Lipinski definition) is 1. The second-order valence-corrected chi connectivity index (χ2v) is 3.86. The molecule has 0 aliphatic heterocycles. The molecule has 2 N–H and O–H groups in total. The minimum Gasteiger partial charge on any atom is -0.398 e. The van der Waals surface area contributed by atoms with E-state index < -0.39 is 0 Å². The van der Waals surface area contributed by atoms with E-state index >= 15 is 0 Å². The molecule has 1 rings (SSSR count). The highest BCUT2D eigenvalue weighted by molar-refractivity contribution is 9.09. The van der Waals surface area contributed by atoms with Crippen LogP contribution in [0.15, 0.2) is 24.3 Å².